The first-order chi connectivity index (χ1) is 15.2. The van der Waals surface area contributed by atoms with E-state index in [1.165, 1.54) is 13.2 Å². The SMILES string of the molecule is COc1ccc(C)cc1S(=O)(=O)N(CC(=O)Nc1cccc(Cl)c1Cl)Cc1ccccc1. The highest BCUT2D eigenvalue weighted by Crippen LogP contribution is 2.31. The smallest absolute Gasteiger partial charge is 0.247 e. The summed E-state index contributed by atoms with van der Waals surface area (Å²) in [5, 5.41) is 3.10. The molecule has 6 nitrogen and oxygen atoms in total. The maximum Gasteiger partial charge on any atom is 0.247 e. The van der Waals surface area contributed by atoms with Gasteiger partial charge in [0.05, 0.1) is 29.4 Å². The molecule has 0 unspecified atom stereocenters. The largest absolute Gasteiger partial charge is 0.495 e. The van der Waals surface area contributed by atoms with Crippen molar-refractivity contribution in [2.24, 2.45) is 0 Å². The van der Waals surface area contributed by atoms with Crippen LogP contribution in [0.25, 0.3) is 0 Å². The average molecular weight is 493 g/mol. The molecule has 1 N–H and O–H groups in total. The number of hydrogen-bond donors (Lipinski definition) is 1. The van der Waals surface area contributed by atoms with E-state index >= 15 is 0 Å². The first-order valence-electron chi connectivity index (χ1n) is 9.65. The van der Waals surface area contributed by atoms with Gasteiger partial charge in [-0.1, -0.05) is 65.7 Å². The minimum Gasteiger partial charge on any atom is -0.495 e. The number of carbonyl (C=O) groups is 1. The maximum absolute atomic E-state index is 13.6. The zero-order valence-corrected chi connectivity index (χ0v) is 19.8. The Labute approximate surface area is 197 Å². The molecule has 3 rings (SSSR count). The Morgan fingerprint density at radius 2 is 1.75 bits per heavy atom. The Hall–Kier alpha value is -2.58. The fourth-order valence-electron chi connectivity index (χ4n) is 3.09. The van der Waals surface area contributed by atoms with E-state index in [-0.39, 0.29) is 27.2 Å². The summed E-state index contributed by atoms with van der Waals surface area (Å²) >= 11 is 12.2. The number of sulfonamides is 1. The molecule has 0 saturated carbocycles. The molecule has 0 saturated heterocycles. The molecule has 0 spiro atoms. The van der Waals surface area contributed by atoms with Gasteiger partial charge in [0.25, 0.3) is 0 Å². The zero-order chi connectivity index (χ0) is 23.3. The van der Waals surface area contributed by atoms with Gasteiger partial charge in [-0.15, -0.1) is 0 Å². The van der Waals surface area contributed by atoms with Crippen LogP contribution >= 0.6 is 23.2 Å². The van der Waals surface area contributed by atoms with Gasteiger partial charge in [-0.05, 0) is 42.3 Å². The third-order valence-electron chi connectivity index (χ3n) is 4.68. The number of halogens is 2. The summed E-state index contributed by atoms with van der Waals surface area (Å²) in [4.78, 5) is 12.8. The van der Waals surface area contributed by atoms with Crippen molar-refractivity contribution in [2.45, 2.75) is 18.4 Å². The number of methoxy groups -OCH3 is 1. The Balaban J connectivity index is 1.96. The molecule has 0 heterocycles. The van der Waals surface area contributed by atoms with Gasteiger partial charge in [0.1, 0.15) is 10.6 Å². The minimum absolute atomic E-state index is 0.00301. The van der Waals surface area contributed by atoms with Crippen LogP contribution in [-0.4, -0.2) is 32.3 Å². The molecule has 168 valence electrons. The molecular formula is C23H22Cl2N2O4S. The number of carbonyl (C=O) groups excluding carboxylic acids is 1. The molecule has 0 fully saturated rings. The highest BCUT2D eigenvalue weighted by Gasteiger charge is 2.30. The van der Waals surface area contributed by atoms with Crippen molar-refractivity contribution in [3.05, 3.63) is 87.9 Å². The van der Waals surface area contributed by atoms with Gasteiger partial charge in [0.2, 0.25) is 15.9 Å². The lowest BCUT2D eigenvalue weighted by molar-refractivity contribution is -0.116. The highest BCUT2D eigenvalue weighted by atomic mass is 35.5. The van der Waals surface area contributed by atoms with E-state index < -0.39 is 22.5 Å². The molecule has 32 heavy (non-hydrogen) atoms. The monoisotopic (exact) mass is 492 g/mol. The standard InChI is InChI=1S/C23H22Cl2N2O4S/c1-16-11-12-20(31-2)21(13-16)32(29,30)27(14-17-7-4-3-5-8-17)15-22(28)26-19-10-6-9-18(24)23(19)25/h3-13H,14-15H2,1-2H3,(H,26,28). The van der Waals surface area contributed by atoms with Gasteiger partial charge in [-0.25, -0.2) is 8.42 Å². The lowest BCUT2D eigenvalue weighted by Gasteiger charge is -2.23. The molecule has 0 radical (unpaired) electrons. The van der Waals surface area contributed by atoms with Crippen LogP contribution in [0.15, 0.2) is 71.6 Å². The predicted octanol–water partition coefficient (Wildman–Crippen LogP) is 5.14. The van der Waals surface area contributed by atoms with E-state index in [1.807, 2.05) is 6.07 Å². The van der Waals surface area contributed by atoms with E-state index in [0.29, 0.717) is 5.69 Å². The first-order valence-corrected chi connectivity index (χ1v) is 11.8. The molecule has 9 heteroatoms. The number of benzene rings is 3. The molecule has 0 bridgehead atoms. The molecule has 3 aromatic carbocycles. The van der Waals surface area contributed by atoms with E-state index in [4.69, 9.17) is 27.9 Å². The number of nitrogens with one attached hydrogen (secondary N) is 1. The van der Waals surface area contributed by atoms with Gasteiger partial charge < -0.3 is 10.1 Å². The molecule has 0 aliphatic rings. The number of nitrogens with zero attached hydrogens (tertiary/aromatic N) is 1. The summed E-state index contributed by atoms with van der Waals surface area (Å²) in [6.07, 6.45) is 0. The molecule has 1 amide bonds. The number of aryl methyl sites for hydroxylation is 1. The maximum atomic E-state index is 13.6. The van der Waals surface area contributed by atoms with Crippen LogP contribution in [0.3, 0.4) is 0 Å². The molecule has 0 atom stereocenters. The Morgan fingerprint density at radius 1 is 1.03 bits per heavy atom. The van der Waals surface area contributed by atoms with Crippen LogP contribution in [0, 0.1) is 6.92 Å². The average Bonchev–Trinajstić information content (AvgIpc) is 2.77. The highest BCUT2D eigenvalue weighted by molar-refractivity contribution is 7.89. The van der Waals surface area contributed by atoms with Crippen LogP contribution in [0.4, 0.5) is 5.69 Å². The van der Waals surface area contributed by atoms with Gasteiger partial charge in [-0.3, -0.25) is 4.79 Å². The number of ether oxygens (including phenoxy) is 1. The molecule has 0 aromatic heterocycles. The van der Waals surface area contributed by atoms with Crippen molar-refractivity contribution >= 4 is 44.8 Å². The predicted molar refractivity (Wildman–Crippen MR) is 127 cm³/mol. The Morgan fingerprint density at radius 3 is 2.44 bits per heavy atom. The van der Waals surface area contributed by atoms with E-state index in [0.717, 1.165) is 15.4 Å². The molecule has 0 aliphatic carbocycles. The third kappa shape index (κ3) is 5.61. The Kier molecular flexibility index (Phi) is 7.79. The lowest BCUT2D eigenvalue weighted by atomic mass is 10.2. The number of anilines is 1. The van der Waals surface area contributed by atoms with Crippen LogP contribution in [0.2, 0.25) is 10.0 Å². The van der Waals surface area contributed by atoms with Crippen molar-refractivity contribution in [3.63, 3.8) is 0 Å². The van der Waals surface area contributed by atoms with E-state index in [9.17, 15) is 13.2 Å². The van der Waals surface area contributed by atoms with Crippen LogP contribution in [0.1, 0.15) is 11.1 Å². The number of hydrogen-bond acceptors (Lipinski definition) is 4. The van der Waals surface area contributed by atoms with E-state index in [2.05, 4.69) is 5.32 Å². The van der Waals surface area contributed by atoms with Crippen molar-refractivity contribution in [3.8, 4) is 5.75 Å². The fraction of sp³-hybridized carbons (Fsp3) is 0.174. The number of rotatable bonds is 8. The Bertz CT molecular complexity index is 1220. The van der Waals surface area contributed by atoms with Crippen molar-refractivity contribution in [1.82, 2.24) is 4.31 Å². The van der Waals surface area contributed by atoms with Gasteiger partial charge in [0.15, 0.2) is 0 Å². The van der Waals surface area contributed by atoms with Crippen molar-refractivity contribution in [1.29, 1.82) is 0 Å². The van der Waals surface area contributed by atoms with Gasteiger partial charge in [0, 0.05) is 6.54 Å². The van der Waals surface area contributed by atoms with Gasteiger partial charge >= 0.3 is 0 Å². The normalized spacial score (nSPS) is 11.4. The van der Waals surface area contributed by atoms with Crippen LogP contribution in [-0.2, 0) is 21.4 Å². The second-order valence-electron chi connectivity index (χ2n) is 7.06. The van der Waals surface area contributed by atoms with Crippen LogP contribution < -0.4 is 10.1 Å². The molecule has 0 aliphatic heterocycles. The quantitative estimate of drug-likeness (QED) is 0.472. The second-order valence-corrected chi connectivity index (χ2v) is 9.75. The summed E-state index contributed by atoms with van der Waals surface area (Å²) in [5.41, 5.74) is 1.78. The zero-order valence-electron chi connectivity index (χ0n) is 17.5. The summed E-state index contributed by atoms with van der Waals surface area (Å²) in [7, 11) is -2.68. The topological polar surface area (TPSA) is 75.7 Å². The van der Waals surface area contributed by atoms with Gasteiger partial charge in [-0.2, -0.15) is 4.31 Å². The number of amides is 1. The van der Waals surface area contributed by atoms with E-state index in [1.54, 1.807) is 61.5 Å². The lowest BCUT2D eigenvalue weighted by Crippen LogP contribution is -2.37. The summed E-state index contributed by atoms with van der Waals surface area (Å²) in [5.74, 6) is -0.354. The summed E-state index contributed by atoms with van der Waals surface area (Å²) in [6.45, 7) is 1.35. The summed E-state index contributed by atoms with van der Waals surface area (Å²) in [6, 6.07) is 18.7. The summed E-state index contributed by atoms with van der Waals surface area (Å²) < 4.78 is 33.6. The van der Waals surface area contributed by atoms with Crippen molar-refractivity contribution in [2.75, 3.05) is 19.0 Å². The molecule has 3 aromatic rings. The van der Waals surface area contributed by atoms with Crippen molar-refractivity contribution < 1.29 is 17.9 Å². The first kappa shape index (κ1) is 24.1. The fourth-order valence-corrected chi connectivity index (χ4v) is 5.06. The minimum atomic E-state index is -4.08. The van der Waals surface area contributed by atoms with Crippen LogP contribution in [0.5, 0.6) is 5.75 Å². The third-order valence-corrected chi connectivity index (χ3v) is 7.32. The second kappa shape index (κ2) is 10.4. The molecular weight excluding hydrogens is 471 g/mol.